The van der Waals surface area contributed by atoms with Gasteiger partial charge < -0.3 is 18.1 Å². The Bertz CT molecular complexity index is 3730. The van der Waals surface area contributed by atoms with E-state index < -0.39 is 0 Å². The average Bonchev–Trinajstić information content (AvgIpc) is 3.98. The zero-order chi connectivity index (χ0) is 37.1. The van der Waals surface area contributed by atoms with Crippen LogP contribution < -0.4 is 0 Å². The standard InChI is InChI=1S/C50H27N5O/c51-28-30-14-18-45-37(22-30)35-10-4-6-12-43(35)54(45)33-16-20-49-41(24-33)42-25-34(17-21-50(42)56-49)55-44-13-7-5-11-36(44)39-26-48-40(27-47(39)55)38-23-31(29-52)15-19-46(38)53(48)32-8-2-1-3-9-32/h1-27H. The Morgan fingerprint density at radius 2 is 0.750 bits per heavy atom. The maximum absolute atomic E-state index is 9.90. The van der Waals surface area contributed by atoms with Crippen molar-refractivity contribution in [3.05, 3.63) is 175 Å². The van der Waals surface area contributed by atoms with Crippen molar-refractivity contribution in [2.24, 2.45) is 0 Å². The fraction of sp³-hybridized carbons (Fsp3) is 0. The van der Waals surface area contributed by atoms with Crippen LogP contribution >= 0.6 is 0 Å². The highest BCUT2D eigenvalue weighted by Gasteiger charge is 2.20. The number of hydrogen-bond acceptors (Lipinski definition) is 3. The number of furan rings is 1. The number of rotatable bonds is 3. The first-order valence-electron chi connectivity index (χ1n) is 18.5. The number of hydrogen-bond donors (Lipinski definition) is 0. The van der Waals surface area contributed by atoms with Gasteiger partial charge >= 0.3 is 0 Å². The summed E-state index contributed by atoms with van der Waals surface area (Å²) in [6.07, 6.45) is 0. The smallest absolute Gasteiger partial charge is 0.135 e. The molecule has 0 aliphatic carbocycles. The molecule has 0 aliphatic heterocycles. The first kappa shape index (κ1) is 30.4. The summed E-state index contributed by atoms with van der Waals surface area (Å²) < 4.78 is 13.4. The predicted octanol–water partition coefficient (Wildman–Crippen LogP) is 12.6. The van der Waals surface area contributed by atoms with Gasteiger partial charge in [0.25, 0.3) is 0 Å². The van der Waals surface area contributed by atoms with Crippen LogP contribution in [-0.2, 0) is 0 Å². The third-order valence-electron chi connectivity index (χ3n) is 11.5. The van der Waals surface area contributed by atoms with Crippen molar-refractivity contribution in [3.63, 3.8) is 0 Å². The average molecular weight is 714 g/mol. The van der Waals surface area contributed by atoms with E-state index in [9.17, 15) is 10.5 Å². The molecule has 6 heteroatoms. The van der Waals surface area contributed by atoms with Gasteiger partial charge in [0.1, 0.15) is 11.2 Å². The molecule has 0 aliphatic rings. The topological polar surface area (TPSA) is 75.5 Å². The van der Waals surface area contributed by atoms with Crippen molar-refractivity contribution in [2.75, 3.05) is 0 Å². The van der Waals surface area contributed by atoms with E-state index in [2.05, 4.69) is 147 Å². The summed E-state index contributed by atoms with van der Waals surface area (Å²) in [6.45, 7) is 0. The fourth-order valence-corrected chi connectivity index (χ4v) is 9.04. The number of nitriles is 2. The normalized spacial score (nSPS) is 11.9. The van der Waals surface area contributed by atoms with E-state index in [1.165, 1.54) is 0 Å². The monoisotopic (exact) mass is 713 g/mol. The van der Waals surface area contributed by atoms with Gasteiger partial charge in [0.05, 0.1) is 56.4 Å². The molecule has 0 spiro atoms. The molecule has 0 radical (unpaired) electrons. The number of aromatic nitrogens is 3. The van der Waals surface area contributed by atoms with Gasteiger partial charge in [-0.2, -0.15) is 10.5 Å². The summed E-state index contributed by atoms with van der Waals surface area (Å²) in [5.41, 5.74) is 12.5. The zero-order valence-corrected chi connectivity index (χ0v) is 29.7. The summed E-state index contributed by atoms with van der Waals surface area (Å²) in [4.78, 5) is 0. The number of para-hydroxylation sites is 3. The molecule has 0 saturated carbocycles. The third-order valence-corrected chi connectivity index (χ3v) is 11.5. The van der Waals surface area contributed by atoms with Crippen LogP contribution in [0.3, 0.4) is 0 Å². The highest BCUT2D eigenvalue weighted by Crippen LogP contribution is 2.41. The van der Waals surface area contributed by atoms with Gasteiger partial charge in [-0.25, -0.2) is 0 Å². The fourth-order valence-electron chi connectivity index (χ4n) is 9.04. The van der Waals surface area contributed by atoms with Crippen LogP contribution in [0.1, 0.15) is 11.1 Å². The molecular formula is C50H27N5O. The number of nitrogens with zero attached hydrogens (tertiary/aromatic N) is 5. The van der Waals surface area contributed by atoms with E-state index in [0.717, 1.165) is 104 Å². The van der Waals surface area contributed by atoms with Gasteiger partial charge in [0.15, 0.2) is 0 Å². The summed E-state index contributed by atoms with van der Waals surface area (Å²) >= 11 is 0. The number of benzene rings is 8. The quantitative estimate of drug-likeness (QED) is 0.183. The largest absolute Gasteiger partial charge is 0.456 e. The third kappa shape index (κ3) is 4.13. The van der Waals surface area contributed by atoms with Gasteiger partial charge in [-0.15, -0.1) is 0 Å². The van der Waals surface area contributed by atoms with E-state index in [1.807, 2.05) is 42.5 Å². The summed E-state index contributed by atoms with van der Waals surface area (Å²) in [5.74, 6) is 0. The van der Waals surface area contributed by atoms with Crippen molar-refractivity contribution in [1.82, 2.24) is 13.7 Å². The molecular weight excluding hydrogens is 687 g/mol. The predicted molar refractivity (Wildman–Crippen MR) is 226 cm³/mol. The lowest BCUT2D eigenvalue weighted by molar-refractivity contribution is 0.669. The van der Waals surface area contributed by atoms with Crippen LogP contribution in [0.4, 0.5) is 0 Å². The molecule has 6 nitrogen and oxygen atoms in total. The number of fused-ring (bicyclic) bond motifs is 12. The van der Waals surface area contributed by atoms with Crippen LogP contribution in [0, 0.1) is 22.7 Å². The van der Waals surface area contributed by atoms with Crippen LogP contribution in [0.25, 0.3) is 104 Å². The van der Waals surface area contributed by atoms with Crippen LogP contribution in [0.15, 0.2) is 168 Å². The van der Waals surface area contributed by atoms with Gasteiger partial charge in [-0.05, 0) is 109 Å². The van der Waals surface area contributed by atoms with Crippen LogP contribution in [-0.4, -0.2) is 13.7 Å². The molecule has 0 amide bonds. The van der Waals surface area contributed by atoms with E-state index >= 15 is 0 Å². The van der Waals surface area contributed by atoms with Crippen molar-refractivity contribution in [1.29, 1.82) is 10.5 Å². The minimum absolute atomic E-state index is 0.634. The summed E-state index contributed by atoms with van der Waals surface area (Å²) in [6, 6.07) is 61.4. The van der Waals surface area contributed by atoms with Crippen molar-refractivity contribution < 1.29 is 4.42 Å². The molecule has 4 heterocycles. The van der Waals surface area contributed by atoms with Gasteiger partial charge in [0, 0.05) is 60.2 Å². The first-order valence-corrected chi connectivity index (χ1v) is 18.5. The molecule has 4 aromatic heterocycles. The second-order valence-electron chi connectivity index (χ2n) is 14.4. The maximum atomic E-state index is 9.90. The minimum atomic E-state index is 0.634. The second-order valence-corrected chi connectivity index (χ2v) is 14.4. The van der Waals surface area contributed by atoms with E-state index in [4.69, 9.17) is 4.42 Å². The highest BCUT2D eigenvalue weighted by atomic mass is 16.3. The lowest BCUT2D eigenvalue weighted by atomic mass is 10.1. The van der Waals surface area contributed by atoms with Crippen LogP contribution in [0.2, 0.25) is 0 Å². The Kier molecular flexibility index (Phi) is 6.10. The molecule has 0 N–H and O–H groups in total. The summed E-state index contributed by atoms with van der Waals surface area (Å²) in [7, 11) is 0. The SMILES string of the molecule is N#Cc1ccc2c(c1)c1ccccc1n2-c1ccc2oc3ccc(-n4c5ccccc5c5cc6c(cc54)c4cc(C#N)ccc4n6-c4ccccc4)cc3c2c1. The Labute approximate surface area is 319 Å². The highest BCUT2D eigenvalue weighted by molar-refractivity contribution is 6.19. The van der Waals surface area contributed by atoms with Gasteiger partial charge in [0.2, 0.25) is 0 Å². The van der Waals surface area contributed by atoms with E-state index in [1.54, 1.807) is 0 Å². The lowest BCUT2D eigenvalue weighted by Crippen LogP contribution is -1.95. The zero-order valence-electron chi connectivity index (χ0n) is 29.7. The second kappa shape index (κ2) is 11.2. The molecule has 0 unspecified atom stereocenters. The van der Waals surface area contributed by atoms with Gasteiger partial charge in [-0.1, -0.05) is 54.6 Å². The molecule has 12 aromatic rings. The molecule has 0 saturated heterocycles. The minimum Gasteiger partial charge on any atom is -0.456 e. The van der Waals surface area contributed by atoms with Crippen molar-refractivity contribution in [3.8, 4) is 29.2 Å². The van der Waals surface area contributed by atoms with Crippen LogP contribution in [0.5, 0.6) is 0 Å². The maximum Gasteiger partial charge on any atom is 0.135 e. The molecule has 258 valence electrons. The molecule has 0 fully saturated rings. The molecule has 0 bridgehead atoms. The molecule has 0 atom stereocenters. The molecule has 12 rings (SSSR count). The Morgan fingerprint density at radius 3 is 1.30 bits per heavy atom. The molecule has 56 heavy (non-hydrogen) atoms. The van der Waals surface area contributed by atoms with Crippen molar-refractivity contribution >= 4 is 87.4 Å². The Hall–Kier alpha value is -8.06. The van der Waals surface area contributed by atoms with E-state index in [0.29, 0.717) is 11.1 Å². The Balaban J connectivity index is 1.12. The summed E-state index contributed by atoms with van der Waals surface area (Å²) in [5, 5.41) is 28.2. The van der Waals surface area contributed by atoms with E-state index in [-0.39, 0.29) is 0 Å². The Morgan fingerprint density at radius 1 is 0.321 bits per heavy atom. The lowest BCUT2D eigenvalue weighted by Gasteiger charge is -2.10. The molecule has 8 aromatic carbocycles. The van der Waals surface area contributed by atoms with Gasteiger partial charge in [-0.3, -0.25) is 0 Å². The van der Waals surface area contributed by atoms with Crippen molar-refractivity contribution in [2.45, 2.75) is 0 Å². The first-order chi connectivity index (χ1) is 27.7.